The first kappa shape index (κ1) is 15.4. The first-order valence-electron chi connectivity index (χ1n) is 9.06. The summed E-state index contributed by atoms with van der Waals surface area (Å²) in [7, 11) is 0. The fourth-order valence-corrected chi connectivity index (χ4v) is 4.49. The van der Waals surface area contributed by atoms with E-state index in [9.17, 15) is 4.79 Å². The molecule has 1 N–H and O–H groups in total. The number of carbonyl (C=O) groups excluding carboxylic acids is 1. The van der Waals surface area contributed by atoms with Gasteiger partial charge in [-0.05, 0) is 48.1 Å². The van der Waals surface area contributed by atoms with Crippen LogP contribution in [0.5, 0.6) is 0 Å². The van der Waals surface area contributed by atoms with Gasteiger partial charge in [0.15, 0.2) is 0 Å². The number of nitrogens with one attached hydrogen (secondary N) is 1. The molecule has 1 amide bonds. The van der Waals surface area contributed by atoms with Crippen LogP contribution in [0.3, 0.4) is 0 Å². The summed E-state index contributed by atoms with van der Waals surface area (Å²) < 4.78 is 2.05. The van der Waals surface area contributed by atoms with Gasteiger partial charge in [-0.3, -0.25) is 4.79 Å². The normalized spacial score (nSPS) is 25.1. The molecule has 2 aliphatic rings. The van der Waals surface area contributed by atoms with E-state index in [0.717, 1.165) is 30.4 Å². The minimum absolute atomic E-state index is 0.218. The number of hydrogen-bond donors (Lipinski definition) is 1. The van der Waals surface area contributed by atoms with Gasteiger partial charge in [-0.1, -0.05) is 30.7 Å². The highest BCUT2D eigenvalue weighted by Crippen LogP contribution is 2.49. The van der Waals surface area contributed by atoms with E-state index in [0.29, 0.717) is 12.5 Å². The fraction of sp³-hybridized carbons (Fsp3) is 0.500. The molecule has 0 radical (unpaired) electrons. The molecular formula is C20H25N3O. The lowest BCUT2D eigenvalue weighted by Gasteiger charge is -2.20. The quantitative estimate of drug-likeness (QED) is 0.886. The fourth-order valence-electron chi connectivity index (χ4n) is 4.49. The van der Waals surface area contributed by atoms with Gasteiger partial charge in [0.25, 0.3) is 0 Å². The lowest BCUT2D eigenvalue weighted by Crippen LogP contribution is -2.26. The third kappa shape index (κ3) is 3.53. The second-order valence-corrected chi connectivity index (χ2v) is 7.47. The van der Waals surface area contributed by atoms with Crippen LogP contribution in [0.4, 0.5) is 0 Å². The maximum absolute atomic E-state index is 12.2. The van der Waals surface area contributed by atoms with Gasteiger partial charge in [-0.2, -0.15) is 0 Å². The van der Waals surface area contributed by atoms with Crippen molar-refractivity contribution in [1.29, 1.82) is 0 Å². The largest absolute Gasteiger partial charge is 0.352 e. The predicted molar refractivity (Wildman–Crippen MR) is 93.2 cm³/mol. The maximum atomic E-state index is 12.2. The SMILES string of the molecule is O=C(CC1CC2CCC1C2)NCc1ccc(Cn2ccnc2)cc1. The molecule has 24 heavy (non-hydrogen) atoms. The zero-order valence-corrected chi connectivity index (χ0v) is 14.0. The summed E-state index contributed by atoms with van der Waals surface area (Å²) in [6.45, 7) is 1.46. The molecule has 2 aliphatic carbocycles. The second kappa shape index (κ2) is 6.80. The highest BCUT2D eigenvalue weighted by molar-refractivity contribution is 5.76. The number of nitrogens with zero attached hydrogens (tertiary/aromatic N) is 2. The molecule has 0 spiro atoms. The van der Waals surface area contributed by atoms with Gasteiger partial charge < -0.3 is 9.88 Å². The van der Waals surface area contributed by atoms with E-state index >= 15 is 0 Å². The van der Waals surface area contributed by atoms with Gasteiger partial charge in [0.05, 0.1) is 6.33 Å². The van der Waals surface area contributed by atoms with E-state index in [4.69, 9.17) is 0 Å². The molecule has 2 fully saturated rings. The van der Waals surface area contributed by atoms with E-state index in [2.05, 4.69) is 34.6 Å². The van der Waals surface area contributed by atoms with Crippen LogP contribution in [0.25, 0.3) is 0 Å². The zero-order valence-electron chi connectivity index (χ0n) is 14.0. The Labute approximate surface area is 143 Å². The van der Waals surface area contributed by atoms with Crippen molar-refractivity contribution in [3.63, 3.8) is 0 Å². The van der Waals surface area contributed by atoms with E-state index in [1.54, 1.807) is 6.20 Å². The van der Waals surface area contributed by atoms with Crippen molar-refractivity contribution in [2.24, 2.45) is 17.8 Å². The summed E-state index contributed by atoms with van der Waals surface area (Å²) in [4.78, 5) is 16.3. The molecule has 3 unspecified atom stereocenters. The van der Waals surface area contributed by atoms with Crippen molar-refractivity contribution in [2.45, 2.75) is 45.2 Å². The molecule has 126 valence electrons. The Bertz CT molecular complexity index is 677. The molecule has 1 heterocycles. The Morgan fingerprint density at radius 3 is 2.67 bits per heavy atom. The summed E-state index contributed by atoms with van der Waals surface area (Å²) in [5.74, 6) is 2.59. The molecule has 4 nitrogen and oxygen atoms in total. The standard InChI is InChI=1S/C20H25N3O/c24-20(11-19-10-17-5-6-18(19)9-17)22-12-15-1-3-16(4-2-15)13-23-8-7-21-14-23/h1-4,7-8,14,17-19H,5-6,9-13H2,(H,22,24). The first-order valence-corrected chi connectivity index (χ1v) is 9.06. The van der Waals surface area contributed by atoms with Gasteiger partial charge in [0, 0.05) is 31.9 Å². The van der Waals surface area contributed by atoms with E-state index < -0.39 is 0 Å². The highest BCUT2D eigenvalue weighted by atomic mass is 16.1. The molecule has 0 saturated heterocycles. The number of imidazole rings is 1. The molecule has 1 aromatic heterocycles. The van der Waals surface area contributed by atoms with Gasteiger partial charge in [0.1, 0.15) is 0 Å². The third-order valence-electron chi connectivity index (χ3n) is 5.77. The zero-order chi connectivity index (χ0) is 16.4. The highest BCUT2D eigenvalue weighted by Gasteiger charge is 2.39. The van der Waals surface area contributed by atoms with Crippen LogP contribution in [0, 0.1) is 17.8 Å². The number of carbonyl (C=O) groups is 1. The summed E-state index contributed by atoms with van der Waals surface area (Å²) in [6.07, 6.45) is 11.7. The molecular weight excluding hydrogens is 298 g/mol. The maximum Gasteiger partial charge on any atom is 0.220 e. The van der Waals surface area contributed by atoms with Crippen molar-refractivity contribution in [2.75, 3.05) is 0 Å². The van der Waals surface area contributed by atoms with Crippen LogP contribution in [0.15, 0.2) is 43.0 Å². The average Bonchev–Trinajstić information content (AvgIpc) is 3.32. The van der Waals surface area contributed by atoms with Crippen molar-refractivity contribution in [3.8, 4) is 0 Å². The van der Waals surface area contributed by atoms with Gasteiger partial charge in [-0.25, -0.2) is 4.98 Å². The van der Waals surface area contributed by atoms with Crippen LogP contribution in [0.2, 0.25) is 0 Å². The monoisotopic (exact) mass is 323 g/mol. The number of hydrogen-bond acceptors (Lipinski definition) is 2. The molecule has 2 aromatic rings. The third-order valence-corrected chi connectivity index (χ3v) is 5.77. The number of benzene rings is 1. The molecule has 3 atom stereocenters. The summed E-state index contributed by atoms with van der Waals surface area (Å²) in [5.41, 5.74) is 2.40. The first-order chi connectivity index (χ1) is 11.8. The second-order valence-electron chi connectivity index (χ2n) is 7.47. The van der Waals surface area contributed by atoms with Crippen LogP contribution in [-0.4, -0.2) is 15.5 Å². The lowest BCUT2D eigenvalue weighted by molar-refractivity contribution is -0.122. The van der Waals surface area contributed by atoms with Crippen LogP contribution < -0.4 is 5.32 Å². The Morgan fingerprint density at radius 2 is 2.00 bits per heavy atom. The van der Waals surface area contributed by atoms with Crippen molar-refractivity contribution in [1.82, 2.24) is 14.9 Å². The van der Waals surface area contributed by atoms with Gasteiger partial charge >= 0.3 is 0 Å². The van der Waals surface area contributed by atoms with E-state index in [-0.39, 0.29) is 5.91 Å². The van der Waals surface area contributed by atoms with Crippen LogP contribution >= 0.6 is 0 Å². The van der Waals surface area contributed by atoms with Crippen LogP contribution in [0.1, 0.15) is 43.2 Å². The summed E-state index contributed by atoms with van der Waals surface area (Å²) in [5, 5.41) is 3.10. The van der Waals surface area contributed by atoms with Crippen molar-refractivity contribution < 1.29 is 4.79 Å². The van der Waals surface area contributed by atoms with Crippen molar-refractivity contribution >= 4 is 5.91 Å². The molecule has 2 bridgehead atoms. The number of aromatic nitrogens is 2. The number of amides is 1. The van der Waals surface area contributed by atoms with Crippen LogP contribution in [-0.2, 0) is 17.9 Å². The predicted octanol–water partition coefficient (Wildman–Crippen LogP) is 3.37. The molecule has 4 heteroatoms. The summed E-state index contributed by atoms with van der Waals surface area (Å²) >= 11 is 0. The van der Waals surface area contributed by atoms with E-state index in [1.807, 2.05) is 17.1 Å². The topological polar surface area (TPSA) is 46.9 Å². The van der Waals surface area contributed by atoms with Gasteiger partial charge in [0.2, 0.25) is 5.91 Å². The minimum atomic E-state index is 0.218. The average molecular weight is 323 g/mol. The molecule has 2 saturated carbocycles. The Hall–Kier alpha value is -2.10. The Morgan fingerprint density at radius 1 is 1.17 bits per heavy atom. The smallest absolute Gasteiger partial charge is 0.220 e. The lowest BCUT2D eigenvalue weighted by atomic mass is 9.86. The summed E-state index contributed by atoms with van der Waals surface area (Å²) in [6, 6.07) is 8.45. The Balaban J connectivity index is 1.24. The van der Waals surface area contributed by atoms with E-state index in [1.165, 1.54) is 31.2 Å². The molecule has 1 aromatic carbocycles. The number of rotatable bonds is 6. The molecule has 4 rings (SSSR count). The van der Waals surface area contributed by atoms with Gasteiger partial charge in [-0.15, -0.1) is 0 Å². The Kier molecular flexibility index (Phi) is 4.37. The molecule has 0 aliphatic heterocycles. The van der Waals surface area contributed by atoms with Crippen molar-refractivity contribution in [3.05, 3.63) is 54.1 Å². The number of fused-ring (bicyclic) bond motifs is 2. The minimum Gasteiger partial charge on any atom is -0.352 e.